The number of aromatic nitrogens is 2. The number of rotatable bonds is 6. The molecule has 0 aliphatic rings. The first kappa shape index (κ1) is 17.8. The van der Waals surface area contributed by atoms with Crippen LogP contribution < -0.4 is 15.7 Å². The van der Waals surface area contributed by atoms with Gasteiger partial charge in [-0.3, -0.25) is 13.9 Å². The molecule has 0 aliphatic heterocycles. The Morgan fingerprint density at radius 2 is 1.81 bits per heavy atom. The second kappa shape index (κ2) is 7.47. The van der Waals surface area contributed by atoms with E-state index in [4.69, 9.17) is 4.74 Å². The van der Waals surface area contributed by atoms with Gasteiger partial charge in [0.1, 0.15) is 12.3 Å². The number of carbonyl (C=O) groups is 1. The summed E-state index contributed by atoms with van der Waals surface area (Å²) in [6.45, 7) is 4.54. The number of hydrogen-bond acceptors (Lipinski definition) is 3. The van der Waals surface area contributed by atoms with Gasteiger partial charge >= 0.3 is 5.69 Å². The van der Waals surface area contributed by atoms with E-state index in [1.165, 1.54) is 4.57 Å². The van der Waals surface area contributed by atoms with Crippen LogP contribution in [0.4, 0.5) is 5.69 Å². The first-order valence-corrected chi connectivity index (χ1v) is 8.67. The average molecular weight is 353 g/mol. The van der Waals surface area contributed by atoms with Gasteiger partial charge < -0.3 is 10.1 Å². The van der Waals surface area contributed by atoms with Crippen molar-refractivity contribution in [2.75, 3.05) is 12.4 Å². The first-order chi connectivity index (χ1) is 12.5. The average Bonchev–Trinajstić information content (AvgIpc) is 2.88. The number of anilines is 1. The smallest absolute Gasteiger partial charge is 0.329 e. The molecule has 0 saturated carbocycles. The van der Waals surface area contributed by atoms with Crippen molar-refractivity contribution in [1.82, 2.24) is 9.13 Å². The molecule has 0 spiro atoms. The number of imidazole rings is 1. The van der Waals surface area contributed by atoms with Gasteiger partial charge in [0.2, 0.25) is 5.91 Å². The summed E-state index contributed by atoms with van der Waals surface area (Å²) >= 11 is 0. The quantitative estimate of drug-likeness (QED) is 0.740. The van der Waals surface area contributed by atoms with Crippen LogP contribution in [0.3, 0.4) is 0 Å². The number of aryl methyl sites for hydroxylation is 2. The third-order valence-corrected chi connectivity index (χ3v) is 4.30. The topological polar surface area (TPSA) is 65.3 Å². The summed E-state index contributed by atoms with van der Waals surface area (Å²) in [6, 6.07) is 13.1. The van der Waals surface area contributed by atoms with Crippen LogP contribution >= 0.6 is 0 Å². The Labute approximate surface area is 152 Å². The molecule has 0 unspecified atom stereocenters. The molecule has 2 aromatic carbocycles. The predicted octanol–water partition coefficient (Wildman–Crippen LogP) is 3.17. The number of methoxy groups -OCH3 is 1. The third kappa shape index (κ3) is 3.35. The van der Waals surface area contributed by atoms with Crippen LogP contribution in [0.1, 0.15) is 18.9 Å². The highest BCUT2D eigenvalue weighted by Crippen LogP contribution is 2.25. The van der Waals surface area contributed by atoms with Gasteiger partial charge in [0.15, 0.2) is 0 Å². The van der Waals surface area contributed by atoms with Crippen molar-refractivity contribution < 1.29 is 9.53 Å². The number of nitrogens with one attached hydrogen (secondary N) is 1. The highest BCUT2D eigenvalue weighted by atomic mass is 16.5. The molecule has 0 saturated heterocycles. The van der Waals surface area contributed by atoms with E-state index < -0.39 is 0 Å². The molecular formula is C20H23N3O3. The standard InChI is InChI=1S/C20H23N3O3/c1-4-11-22-16-7-5-6-8-17(16)23(20(22)25)13-19(24)21-15-12-14(2)9-10-18(15)26-3/h5-10,12H,4,11,13H2,1-3H3,(H,21,24). The van der Waals surface area contributed by atoms with Crippen molar-refractivity contribution >= 4 is 22.6 Å². The van der Waals surface area contributed by atoms with E-state index in [1.807, 2.05) is 56.3 Å². The number of fused-ring (bicyclic) bond motifs is 1. The zero-order chi connectivity index (χ0) is 18.7. The summed E-state index contributed by atoms with van der Waals surface area (Å²) in [7, 11) is 1.56. The second-order valence-corrected chi connectivity index (χ2v) is 6.26. The fraction of sp³-hybridized carbons (Fsp3) is 0.300. The molecule has 3 aromatic rings. The minimum atomic E-state index is -0.268. The van der Waals surface area contributed by atoms with E-state index in [2.05, 4.69) is 5.32 Å². The Hall–Kier alpha value is -3.02. The lowest BCUT2D eigenvalue weighted by atomic mass is 10.2. The van der Waals surface area contributed by atoms with Crippen LogP contribution in [0.25, 0.3) is 11.0 Å². The molecule has 26 heavy (non-hydrogen) atoms. The molecule has 1 amide bonds. The van der Waals surface area contributed by atoms with Crippen LogP contribution in [-0.2, 0) is 17.9 Å². The number of nitrogens with zero attached hydrogens (tertiary/aromatic N) is 2. The summed E-state index contributed by atoms with van der Waals surface area (Å²) in [6.07, 6.45) is 0.848. The minimum Gasteiger partial charge on any atom is -0.495 e. The van der Waals surface area contributed by atoms with E-state index in [0.717, 1.165) is 23.0 Å². The highest BCUT2D eigenvalue weighted by Gasteiger charge is 2.16. The molecule has 136 valence electrons. The monoisotopic (exact) mass is 353 g/mol. The maximum atomic E-state index is 12.8. The van der Waals surface area contributed by atoms with Gasteiger partial charge in [0.25, 0.3) is 0 Å². The molecule has 3 rings (SSSR count). The SMILES string of the molecule is CCCn1c(=O)n(CC(=O)Nc2cc(C)ccc2OC)c2ccccc21. The van der Waals surface area contributed by atoms with E-state index in [-0.39, 0.29) is 18.1 Å². The molecule has 6 heteroatoms. The Morgan fingerprint density at radius 3 is 2.46 bits per heavy atom. The number of ether oxygens (including phenoxy) is 1. The van der Waals surface area contributed by atoms with Crippen LogP contribution in [0.2, 0.25) is 0 Å². The number of amides is 1. The zero-order valence-electron chi connectivity index (χ0n) is 15.3. The lowest BCUT2D eigenvalue weighted by molar-refractivity contribution is -0.116. The highest BCUT2D eigenvalue weighted by molar-refractivity contribution is 5.93. The predicted molar refractivity (Wildman–Crippen MR) is 103 cm³/mol. The Balaban J connectivity index is 1.92. The fourth-order valence-electron chi connectivity index (χ4n) is 3.12. The molecule has 6 nitrogen and oxygen atoms in total. The van der Waals surface area contributed by atoms with Crippen molar-refractivity contribution in [2.45, 2.75) is 33.4 Å². The molecule has 1 N–H and O–H groups in total. The van der Waals surface area contributed by atoms with Crippen molar-refractivity contribution in [3.63, 3.8) is 0 Å². The van der Waals surface area contributed by atoms with E-state index in [1.54, 1.807) is 11.7 Å². The summed E-state index contributed by atoms with van der Waals surface area (Å²) in [5.74, 6) is 0.320. The number of para-hydroxylation sites is 2. The Bertz CT molecular complexity index is 1000. The lowest BCUT2D eigenvalue weighted by Gasteiger charge is -2.11. The van der Waals surface area contributed by atoms with Gasteiger partial charge in [-0.2, -0.15) is 0 Å². The summed E-state index contributed by atoms with van der Waals surface area (Å²) in [4.78, 5) is 25.4. The van der Waals surface area contributed by atoms with E-state index in [9.17, 15) is 9.59 Å². The minimum absolute atomic E-state index is 0.0485. The molecule has 0 atom stereocenters. The van der Waals surface area contributed by atoms with Crippen LogP contribution in [0, 0.1) is 6.92 Å². The summed E-state index contributed by atoms with van der Waals surface area (Å²) in [5, 5.41) is 2.85. The van der Waals surface area contributed by atoms with Gasteiger partial charge in [-0.15, -0.1) is 0 Å². The number of carbonyl (C=O) groups excluding carboxylic acids is 1. The third-order valence-electron chi connectivity index (χ3n) is 4.30. The molecule has 1 aromatic heterocycles. The van der Waals surface area contributed by atoms with Crippen LogP contribution in [0.15, 0.2) is 47.3 Å². The summed E-state index contributed by atoms with van der Waals surface area (Å²) < 4.78 is 8.53. The number of benzene rings is 2. The second-order valence-electron chi connectivity index (χ2n) is 6.26. The fourth-order valence-corrected chi connectivity index (χ4v) is 3.12. The maximum absolute atomic E-state index is 12.8. The largest absolute Gasteiger partial charge is 0.495 e. The molecule has 1 heterocycles. The normalized spacial score (nSPS) is 10.9. The number of hydrogen-bond donors (Lipinski definition) is 1. The molecular weight excluding hydrogens is 330 g/mol. The van der Waals surface area contributed by atoms with Gasteiger partial charge in [0.05, 0.1) is 23.8 Å². The van der Waals surface area contributed by atoms with Crippen LogP contribution in [0.5, 0.6) is 5.75 Å². The van der Waals surface area contributed by atoms with Crippen molar-refractivity contribution in [3.8, 4) is 5.75 Å². The molecule has 0 bridgehead atoms. The molecule has 0 aliphatic carbocycles. The Kier molecular flexibility index (Phi) is 5.11. The maximum Gasteiger partial charge on any atom is 0.329 e. The Morgan fingerprint density at radius 1 is 1.12 bits per heavy atom. The van der Waals surface area contributed by atoms with Crippen molar-refractivity contribution in [1.29, 1.82) is 0 Å². The van der Waals surface area contributed by atoms with Gasteiger partial charge in [-0.1, -0.05) is 25.1 Å². The van der Waals surface area contributed by atoms with E-state index >= 15 is 0 Å². The van der Waals surface area contributed by atoms with Gasteiger partial charge in [0, 0.05) is 6.54 Å². The zero-order valence-corrected chi connectivity index (χ0v) is 15.3. The van der Waals surface area contributed by atoms with Crippen LogP contribution in [-0.4, -0.2) is 22.2 Å². The first-order valence-electron chi connectivity index (χ1n) is 8.67. The molecule has 0 fully saturated rings. The van der Waals surface area contributed by atoms with E-state index in [0.29, 0.717) is 18.0 Å². The van der Waals surface area contributed by atoms with Gasteiger partial charge in [-0.25, -0.2) is 4.79 Å². The van der Waals surface area contributed by atoms with Crippen molar-refractivity contribution in [2.24, 2.45) is 0 Å². The van der Waals surface area contributed by atoms with Gasteiger partial charge in [-0.05, 0) is 43.2 Å². The lowest BCUT2D eigenvalue weighted by Crippen LogP contribution is -2.29. The summed E-state index contributed by atoms with van der Waals surface area (Å²) in [5.41, 5.74) is 3.05. The molecule has 0 radical (unpaired) electrons. The van der Waals surface area contributed by atoms with Crippen molar-refractivity contribution in [3.05, 3.63) is 58.5 Å².